The van der Waals surface area contributed by atoms with E-state index in [4.69, 9.17) is 21.1 Å². The van der Waals surface area contributed by atoms with Crippen molar-refractivity contribution < 1.29 is 23.9 Å². The molecule has 0 saturated carbocycles. The van der Waals surface area contributed by atoms with Crippen molar-refractivity contribution in [2.45, 2.75) is 6.61 Å². The molecule has 0 spiro atoms. The highest BCUT2D eigenvalue weighted by atomic mass is 79.9. The highest BCUT2D eigenvalue weighted by molar-refractivity contribution is 9.10. The third-order valence-corrected chi connectivity index (χ3v) is 4.61. The van der Waals surface area contributed by atoms with Crippen LogP contribution < -0.4 is 20.1 Å². The SMILES string of the molecule is COc1cc(C=C2C(=O)NC(=O)NC2=O)cc(Cl)c1OCc1ccc(Br)cc1. The number of carbonyl (C=O) groups is 3. The van der Waals surface area contributed by atoms with E-state index in [1.807, 2.05) is 34.9 Å². The minimum absolute atomic E-state index is 0.221. The van der Waals surface area contributed by atoms with E-state index in [1.54, 1.807) is 6.07 Å². The number of carbonyl (C=O) groups excluding carboxylic acids is 3. The molecule has 7 nitrogen and oxygen atoms in total. The number of rotatable bonds is 5. The fraction of sp³-hybridized carbons (Fsp3) is 0.105. The number of halogens is 2. The average Bonchev–Trinajstić information content (AvgIpc) is 2.64. The summed E-state index contributed by atoms with van der Waals surface area (Å²) in [6.07, 6.45) is 1.31. The molecule has 0 radical (unpaired) electrons. The zero-order valence-corrected chi connectivity index (χ0v) is 16.9. The van der Waals surface area contributed by atoms with Crippen LogP contribution >= 0.6 is 27.5 Å². The van der Waals surface area contributed by atoms with Crippen LogP contribution in [0.4, 0.5) is 4.79 Å². The molecule has 4 amide bonds. The molecule has 1 saturated heterocycles. The monoisotopic (exact) mass is 464 g/mol. The fourth-order valence-corrected chi connectivity index (χ4v) is 3.01. The molecule has 2 aromatic rings. The number of amides is 4. The van der Waals surface area contributed by atoms with Gasteiger partial charge in [-0.1, -0.05) is 39.7 Å². The van der Waals surface area contributed by atoms with Crippen LogP contribution in [0, 0.1) is 0 Å². The van der Waals surface area contributed by atoms with Gasteiger partial charge in [0, 0.05) is 4.47 Å². The molecule has 0 aromatic heterocycles. The molecule has 2 aromatic carbocycles. The summed E-state index contributed by atoms with van der Waals surface area (Å²) in [6.45, 7) is 0.275. The Morgan fingerprint density at radius 1 is 1.07 bits per heavy atom. The Morgan fingerprint density at radius 2 is 1.71 bits per heavy atom. The third-order valence-electron chi connectivity index (χ3n) is 3.80. The maximum absolute atomic E-state index is 11.9. The van der Waals surface area contributed by atoms with E-state index < -0.39 is 17.8 Å². The summed E-state index contributed by atoms with van der Waals surface area (Å²) >= 11 is 9.69. The van der Waals surface area contributed by atoms with E-state index >= 15 is 0 Å². The lowest BCUT2D eigenvalue weighted by Gasteiger charge is -2.15. The van der Waals surface area contributed by atoms with E-state index in [9.17, 15) is 14.4 Å². The molecular formula is C19H14BrClN2O5. The number of urea groups is 1. The number of barbiturate groups is 1. The van der Waals surface area contributed by atoms with Crippen molar-refractivity contribution in [2.24, 2.45) is 0 Å². The second-order valence-electron chi connectivity index (χ2n) is 5.74. The van der Waals surface area contributed by atoms with Crippen molar-refractivity contribution in [2.75, 3.05) is 7.11 Å². The molecule has 0 aliphatic carbocycles. The minimum Gasteiger partial charge on any atom is -0.493 e. The van der Waals surface area contributed by atoms with Gasteiger partial charge in [0.1, 0.15) is 12.2 Å². The maximum atomic E-state index is 11.9. The summed E-state index contributed by atoms with van der Waals surface area (Å²) in [7, 11) is 1.45. The second kappa shape index (κ2) is 8.45. The maximum Gasteiger partial charge on any atom is 0.328 e. The number of benzene rings is 2. The third kappa shape index (κ3) is 4.52. The molecule has 3 rings (SSSR count). The molecule has 9 heteroatoms. The number of hydrogen-bond donors (Lipinski definition) is 2. The lowest BCUT2D eigenvalue weighted by atomic mass is 10.1. The molecule has 0 atom stereocenters. The van der Waals surface area contributed by atoms with Gasteiger partial charge in [-0.3, -0.25) is 20.2 Å². The molecular weight excluding hydrogens is 452 g/mol. The molecule has 1 heterocycles. The highest BCUT2D eigenvalue weighted by Gasteiger charge is 2.27. The van der Waals surface area contributed by atoms with Crippen molar-refractivity contribution in [1.82, 2.24) is 10.6 Å². The van der Waals surface area contributed by atoms with Gasteiger partial charge >= 0.3 is 6.03 Å². The molecule has 1 aliphatic heterocycles. The van der Waals surface area contributed by atoms with Gasteiger partial charge in [0.25, 0.3) is 11.8 Å². The van der Waals surface area contributed by atoms with Gasteiger partial charge in [0.05, 0.1) is 12.1 Å². The smallest absolute Gasteiger partial charge is 0.328 e. The summed E-state index contributed by atoms with van der Waals surface area (Å²) in [6, 6.07) is 9.86. The van der Waals surface area contributed by atoms with Gasteiger partial charge in [0.15, 0.2) is 11.5 Å². The summed E-state index contributed by atoms with van der Waals surface area (Å²) in [5, 5.41) is 4.26. The number of ether oxygens (including phenoxy) is 2. The Morgan fingerprint density at radius 3 is 2.32 bits per heavy atom. The zero-order valence-electron chi connectivity index (χ0n) is 14.5. The Balaban J connectivity index is 1.86. The molecule has 0 unspecified atom stereocenters. The van der Waals surface area contributed by atoms with Crippen LogP contribution in [0.25, 0.3) is 6.08 Å². The van der Waals surface area contributed by atoms with Crippen LogP contribution in [0.5, 0.6) is 11.5 Å². The van der Waals surface area contributed by atoms with Crippen LogP contribution in [-0.4, -0.2) is 25.0 Å². The molecule has 28 heavy (non-hydrogen) atoms. The predicted molar refractivity (Wildman–Crippen MR) is 106 cm³/mol. The van der Waals surface area contributed by atoms with Crippen molar-refractivity contribution in [1.29, 1.82) is 0 Å². The van der Waals surface area contributed by atoms with E-state index in [0.717, 1.165) is 10.0 Å². The summed E-state index contributed by atoms with van der Waals surface area (Å²) in [4.78, 5) is 34.8. The standard InChI is InChI=1S/C19H14BrClN2O5/c1-27-15-8-11(6-13-17(24)22-19(26)23-18(13)25)7-14(21)16(15)28-9-10-2-4-12(20)5-3-10/h2-8H,9H2,1H3,(H2,22,23,24,25,26). The molecule has 144 valence electrons. The van der Waals surface area contributed by atoms with Crippen LogP contribution in [0.3, 0.4) is 0 Å². The Kier molecular flexibility index (Phi) is 6.01. The lowest BCUT2D eigenvalue weighted by molar-refractivity contribution is -0.123. The second-order valence-corrected chi connectivity index (χ2v) is 7.07. The Bertz CT molecular complexity index is 967. The van der Waals surface area contributed by atoms with Gasteiger partial charge in [-0.2, -0.15) is 0 Å². The molecule has 1 fully saturated rings. The number of imide groups is 2. The molecule has 1 aliphatic rings. The van der Waals surface area contributed by atoms with Gasteiger partial charge in [-0.15, -0.1) is 0 Å². The van der Waals surface area contributed by atoms with Crippen LogP contribution in [-0.2, 0) is 16.2 Å². The van der Waals surface area contributed by atoms with Crippen LogP contribution in [0.15, 0.2) is 46.4 Å². The van der Waals surface area contributed by atoms with Crippen molar-refractivity contribution >= 4 is 51.5 Å². The Labute approximate surface area is 173 Å². The van der Waals surface area contributed by atoms with Crippen LogP contribution in [0.2, 0.25) is 5.02 Å². The fourth-order valence-electron chi connectivity index (χ4n) is 2.47. The van der Waals surface area contributed by atoms with E-state index in [-0.39, 0.29) is 17.2 Å². The van der Waals surface area contributed by atoms with Gasteiger partial charge in [-0.25, -0.2) is 4.79 Å². The highest BCUT2D eigenvalue weighted by Crippen LogP contribution is 2.37. The van der Waals surface area contributed by atoms with E-state index in [2.05, 4.69) is 15.9 Å². The van der Waals surface area contributed by atoms with Crippen molar-refractivity contribution in [3.8, 4) is 11.5 Å². The zero-order chi connectivity index (χ0) is 20.3. The van der Waals surface area contributed by atoms with Crippen LogP contribution in [0.1, 0.15) is 11.1 Å². The molecule has 0 bridgehead atoms. The number of nitrogens with one attached hydrogen (secondary N) is 2. The van der Waals surface area contributed by atoms with E-state index in [1.165, 1.54) is 19.3 Å². The molecule has 2 N–H and O–H groups in total. The first-order chi connectivity index (χ1) is 13.4. The summed E-state index contributed by atoms with van der Waals surface area (Å²) in [5.74, 6) is -0.912. The normalized spacial score (nSPS) is 13.7. The Hall–Kier alpha value is -2.84. The predicted octanol–water partition coefficient (Wildman–Crippen LogP) is 3.44. The topological polar surface area (TPSA) is 93.7 Å². The minimum atomic E-state index is -0.862. The van der Waals surface area contributed by atoms with Crippen molar-refractivity contribution in [3.05, 3.63) is 62.6 Å². The van der Waals surface area contributed by atoms with Gasteiger partial charge in [-0.05, 0) is 41.5 Å². The largest absolute Gasteiger partial charge is 0.493 e. The summed E-state index contributed by atoms with van der Waals surface area (Å²) < 4.78 is 12.1. The average molecular weight is 466 g/mol. The quantitative estimate of drug-likeness (QED) is 0.521. The van der Waals surface area contributed by atoms with E-state index in [0.29, 0.717) is 17.1 Å². The number of methoxy groups -OCH3 is 1. The lowest BCUT2D eigenvalue weighted by Crippen LogP contribution is -2.51. The first kappa shape index (κ1) is 19.9. The van der Waals surface area contributed by atoms with Gasteiger partial charge < -0.3 is 9.47 Å². The first-order valence-corrected chi connectivity index (χ1v) is 9.17. The summed E-state index contributed by atoms with van der Waals surface area (Å²) in [5.41, 5.74) is 1.15. The first-order valence-electron chi connectivity index (χ1n) is 8.00. The number of hydrogen-bond acceptors (Lipinski definition) is 5. The van der Waals surface area contributed by atoms with Crippen molar-refractivity contribution in [3.63, 3.8) is 0 Å². The van der Waals surface area contributed by atoms with Gasteiger partial charge in [0.2, 0.25) is 0 Å².